The van der Waals surface area contributed by atoms with E-state index in [-0.39, 0.29) is 6.04 Å². The summed E-state index contributed by atoms with van der Waals surface area (Å²) in [7, 11) is 0. The van der Waals surface area contributed by atoms with Crippen molar-refractivity contribution >= 4 is 11.6 Å². The second kappa shape index (κ2) is 7.26. The van der Waals surface area contributed by atoms with Crippen LogP contribution in [-0.4, -0.2) is 51.8 Å². The average molecular weight is 310 g/mol. The Bertz CT molecular complexity index is 511. The number of hydrogen-bond donors (Lipinski definition) is 0. The summed E-state index contributed by atoms with van der Waals surface area (Å²) >= 11 is 6.37. The molecule has 0 bridgehead atoms. The number of aryl methyl sites for hydroxylation is 2. The summed E-state index contributed by atoms with van der Waals surface area (Å²) in [6, 6.07) is 2.44. The van der Waals surface area contributed by atoms with Gasteiger partial charge in [-0.3, -0.25) is 14.5 Å². The smallest absolute Gasteiger partial charge is 0.0976 e. The van der Waals surface area contributed by atoms with Gasteiger partial charge in [-0.1, -0.05) is 18.5 Å². The molecule has 1 atom stereocenters. The standard InChI is InChI=1S/C15H24ClN5/c1-4-13(10-17)20-8-6-19(7-9-20)11-14-15(16)12(3)18-21(14)5-2/h13H,4-9,11H2,1-3H3. The van der Waals surface area contributed by atoms with E-state index in [1.807, 2.05) is 11.6 Å². The molecular weight excluding hydrogens is 286 g/mol. The molecule has 0 N–H and O–H groups in total. The molecule has 21 heavy (non-hydrogen) atoms. The van der Waals surface area contributed by atoms with Gasteiger partial charge in [0.15, 0.2) is 0 Å². The van der Waals surface area contributed by atoms with E-state index in [1.54, 1.807) is 0 Å². The van der Waals surface area contributed by atoms with Crippen LogP contribution in [0.3, 0.4) is 0 Å². The maximum Gasteiger partial charge on any atom is 0.0976 e. The molecule has 0 aromatic carbocycles. The van der Waals surface area contributed by atoms with Gasteiger partial charge in [-0.2, -0.15) is 10.4 Å². The highest BCUT2D eigenvalue weighted by atomic mass is 35.5. The van der Waals surface area contributed by atoms with Gasteiger partial charge >= 0.3 is 0 Å². The van der Waals surface area contributed by atoms with Gasteiger partial charge in [0.1, 0.15) is 0 Å². The molecule has 0 radical (unpaired) electrons. The van der Waals surface area contributed by atoms with Crippen LogP contribution in [0.2, 0.25) is 5.02 Å². The van der Waals surface area contributed by atoms with E-state index in [1.165, 1.54) is 0 Å². The molecule has 1 aromatic rings. The zero-order chi connectivity index (χ0) is 15.4. The number of hydrogen-bond acceptors (Lipinski definition) is 4. The summed E-state index contributed by atoms with van der Waals surface area (Å²) in [4.78, 5) is 4.68. The third-order valence-electron chi connectivity index (χ3n) is 4.21. The molecule has 2 rings (SSSR count). The van der Waals surface area contributed by atoms with Gasteiger partial charge in [0.05, 0.1) is 28.5 Å². The molecule has 6 heteroatoms. The minimum absolute atomic E-state index is 0.0548. The van der Waals surface area contributed by atoms with Crippen LogP contribution in [0.5, 0.6) is 0 Å². The minimum atomic E-state index is 0.0548. The highest BCUT2D eigenvalue weighted by Gasteiger charge is 2.24. The van der Waals surface area contributed by atoms with E-state index >= 15 is 0 Å². The van der Waals surface area contributed by atoms with Crippen molar-refractivity contribution in [1.29, 1.82) is 5.26 Å². The largest absolute Gasteiger partial charge is 0.295 e. The molecule has 2 heterocycles. The van der Waals surface area contributed by atoms with Crippen LogP contribution in [0, 0.1) is 18.3 Å². The molecule has 0 spiro atoms. The third-order valence-corrected chi connectivity index (χ3v) is 4.70. The van der Waals surface area contributed by atoms with Crippen LogP contribution in [0.15, 0.2) is 0 Å². The van der Waals surface area contributed by atoms with Crippen molar-refractivity contribution in [2.45, 2.75) is 46.3 Å². The molecular formula is C15H24ClN5. The summed E-state index contributed by atoms with van der Waals surface area (Å²) in [5.74, 6) is 0. The van der Waals surface area contributed by atoms with Crippen molar-refractivity contribution in [3.05, 3.63) is 16.4 Å². The fraction of sp³-hybridized carbons (Fsp3) is 0.733. The lowest BCUT2D eigenvalue weighted by Gasteiger charge is -2.36. The second-order valence-electron chi connectivity index (χ2n) is 5.53. The van der Waals surface area contributed by atoms with Gasteiger partial charge in [0, 0.05) is 39.3 Å². The highest BCUT2D eigenvalue weighted by Crippen LogP contribution is 2.22. The zero-order valence-electron chi connectivity index (χ0n) is 13.1. The first-order valence-corrected chi connectivity index (χ1v) is 8.06. The monoisotopic (exact) mass is 309 g/mol. The molecule has 116 valence electrons. The Kier molecular flexibility index (Phi) is 5.63. The molecule has 1 aliphatic rings. The van der Waals surface area contributed by atoms with Crippen molar-refractivity contribution in [2.24, 2.45) is 0 Å². The number of aromatic nitrogens is 2. The Morgan fingerprint density at radius 1 is 1.29 bits per heavy atom. The molecule has 0 amide bonds. The molecule has 1 unspecified atom stereocenters. The summed E-state index contributed by atoms with van der Waals surface area (Å²) < 4.78 is 1.99. The summed E-state index contributed by atoms with van der Waals surface area (Å²) in [6.45, 7) is 11.6. The lowest BCUT2D eigenvalue weighted by Crippen LogP contribution is -2.49. The van der Waals surface area contributed by atoms with Gasteiger partial charge in [-0.15, -0.1) is 0 Å². The first-order valence-electron chi connectivity index (χ1n) is 7.68. The molecule has 1 aliphatic heterocycles. The Labute approximate surface area is 132 Å². The molecule has 0 saturated carbocycles. The van der Waals surface area contributed by atoms with Crippen LogP contribution in [0.25, 0.3) is 0 Å². The van der Waals surface area contributed by atoms with Crippen LogP contribution in [-0.2, 0) is 13.1 Å². The zero-order valence-corrected chi connectivity index (χ0v) is 13.9. The number of halogens is 1. The Hall–Kier alpha value is -1.09. The third kappa shape index (κ3) is 3.57. The van der Waals surface area contributed by atoms with Crippen LogP contribution in [0.1, 0.15) is 31.7 Å². The second-order valence-corrected chi connectivity index (χ2v) is 5.91. The number of piperazine rings is 1. The average Bonchev–Trinajstić information content (AvgIpc) is 2.78. The van der Waals surface area contributed by atoms with E-state index in [4.69, 9.17) is 16.9 Å². The van der Waals surface area contributed by atoms with Crippen molar-refractivity contribution in [3.8, 4) is 6.07 Å². The quantitative estimate of drug-likeness (QED) is 0.837. The van der Waals surface area contributed by atoms with E-state index in [2.05, 4.69) is 34.8 Å². The molecule has 1 aromatic heterocycles. The van der Waals surface area contributed by atoms with E-state index in [0.29, 0.717) is 0 Å². The number of nitrogens with zero attached hydrogens (tertiary/aromatic N) is 5. The van der Waals surface area contributed by atoms with Crippen molar-refractivity contribution in [2.75, 3.05) is 26.2 Å². The normalized spacial score (nSPS) is 18.6. The first-order chi connectivity index (χ1) is 10.1. The van der Waals surface area contributed by atoms with Gasteiger partial charge < -0.3 is 0 Å². The summed E-state index contributed by atoms with van der Waals surface area (Å²) in [5, 5.41) is 14.4. The van der Waals surface area contributed by atoms with Gasteiger partial charge in [0.2, 0.25) is 0 Å². The van der Waals surface area contributed by atoms with Crippen LogP contribution >= 0.6 is 11.6 Å². The molecule has 1 saturated heterocycles. The Morgan fingerprint density at radius 3 is 2.48 bits per heavy atom. The maximum atomic E-state index is 9.15. The van der Waals surface area contributed by atoms with Crippen molar-refractivity contribution < 1.29 is 0 Å². The van der Waals surface area contributed by atoms with E-state index in [9.17, 15) is 0 Å². The Balaban J connectivity index is 1.97. The number of nitriles is 1. The van der Waals surface area contributed by atoms with Crippen LogP contribution in [0.4, 0.5) is 0 Å². The predicted molar refractivity (Wildman–Crippen MR) is 84.2 cm³/mol. The van der Waals surface area contributed by atoms with E-state index in [0.717, 1.165) is 62.1 Å². The topological polar surface area (TPSA) is 48.1 Å². The van der Waals surface area contributed by atoms with Crippen LogP contribution < -0.4 is 0 Å². The lowest BCUT2D eigenvalue weighted by atomic mass is 10.2. The van der Waals surface area contributed by atoms with Gasteiger partial charge in [-0.25, -0.2) is 0 Å². The van der Waals surface area contributed by atoms with Crippen molar-refractivity contribution in [1.82, 2.24) is 19.6 Å². The van der Waals surface area contributed by atoms with E-state index < -0.39 is 0 Å². The molecule has 0 aliphatic carbocycles. The lowest BCUT2D eigenvalue weighted by molar-refractivity contribution is 0.106. The first kappa shape index (κ1) is 16.3. The predicted octanol–water partition coefficient (Wildman–Crippen LogP) is 2.28. The summed E-state index contributed by atoms with van der Waals surface area (Å²) in [5.41, 5.74) is 2.01. The SMILES string of the molecule is CCC(C#N)N1CCN(Cc2c(Cl)c(C)nn2CC)CC1. The minimum Gasteiger partial charge on any atom is -0.295 e. The Morgan fingerprint density at radius 2 is 1.95 bits per heavy atom. The number of rotatable bonds is 5. The molecule has 1 fully saturated rings. The van der Waals surface area contributed by atoms with Crippen molar-refractivity contribution in [3.63, 3.8) is 0 Å². The maximum absolute atomic E-state index is 9.15. The highest BCUT2D eigenvalue weighted by molar-refractivity contribution is 6.31. The fourth-order valence-electron chi connectivity index (χ4n) is 2.90. The van der Waals surface area contributed by atoms with Gasteiger partial charge in [0.25, 0.3) is 0 Å². The summed E-state index contributed by atoms with van der Waals surface area (Å²) in [6.07, 6.45) is 0.893. The molecule has 5 nitrogen and oxygen atoms in total. The fourth-order valence-corrected chi connectivity index (χ4v) is 3.09. The van der Waals surface area contributed by atoms with Gasteiger partial charge in [-0.05, 0) is 20.3 Å².